The number of alkyl halides is 4. The number of fused-ring (bicyclic) bond motifs is 1. The lowest BCUT2D eigenvalue weighted by Crippen LogP contribution is -2.44. The monoisotopic (exact) mass is 510 g/mol. The Morgan fingerprint density at radius 2 is 1.77 bits per heavy atom. The van der Waals surface area contributed by atoms with E-state index in [4.69, 9.17) is 22.1 Å². The molecule has 2 N–H and O–H groups in total. The van der Waals surface area contributed by atoms with Crippen LogP contribution < -0.4 is 5.73 Å². The molecule has 3 aromatic rings. The summed E-state index contributed by atoms with van der Waals surface area (Å²) in [6.07, 6.45) is -3.83. The summed E-state index contributed by atoms with van der Waals surface area (Å²) in [6.45, 7) is -1.01. The third-order valence-electron chi connectivity index (χ3n) is 5.72. The van der Waals surface area contributed by atoms with Crippen molar-refractivity contribution in [2.45, 2.75) is 31.5 Å². The van der Waals surface area contributed by atoms with Crippen molar-refractivity contribution in [3.05, 3.63) is 76.4 Å². The van der Waals surface area contributed by atoms with Gasteiger partial charge in [0, 0.05) is 30.2 Å². The minimum absolute atomic E-state index is 0.104. The number of amides is 1. The Labute approximate surface area is 204 Å². The van der Waals surface area contributed by atoms with E-state index in [0.29, 0.717) is 22.8 Å². The third kappa shape index (κ3) is 5.66. The summed E-state index contributed by atoms with van der Waals surface area (Å²) in [4.78, 5) is 14.8. The van der Waals surface area contributed by atoms with E-state index in [1.165, 1.54) is 4.68 Å². The second kappa shape index (κ2) is 10.3. The van der Waals surface area contributed by atoms with E-state index in [2.05, 4.69) is 5.10 Å². The number of nitrogens with two attached hydrogens (primary N) is 1. The van der Waals surface area contributed by atoms with E-state index in [0.717, 1.165) is 11.1 Å². The highest BCUT2D eigenvalue weighted by Gasteiger charge is 2.41. The average molecular weight is 511 g/mol. The Balaban J connectivity index is 1.60. The molecule has 1 atom stereocenters. The largest absolute Gasteiger partial charge is 0.373 e. The first-order chi connectivity index (χ1) is 16.7. The summed E-state index contributed by atoms with van der Waals surface area (Å²) >= 11 is 5.95. The van der Waals surface area contributed by atoms with E-state index >= 15 is 0 Å². The molecule has 11 heteroatoms. The number of carbonyl (C=O) groups is 1. The van der Waals surface area contributed by atoms with E-state index in [1.54, 1.807) is 35.2 Å². The van der Waals surface area contributed by atoms with Crippen molar-refractivity contribution in [2.24, 2.45) is 5.73 Å². The van der Waals surface area contributed by atoms with Gasteiger partial charge in [-0.3, -0.25) is 9.48 Å². The summed E-state index contributed by atoms with van der Waals surface area (Å²) in [5, 5.41) is 5.03. The molecule has 1 aliphatic heterocycles. The van der Waals surface area contributed by atoms with Crippen molar-refractivity contribution in [3.63, 3.8) is 0 Å². The molecular formula is C24H23ClF4N4O2. The lowest BCUT2D eigenvalue weighted by Gasteiger charge is -2.33. The summed E-state index contributed by atoms with van der Waals surface area (Å²) in [5.74, 6) is -4.56. The van der Waals surface area contributed by atoms with Crippen molar-refractivity contribution < 1.29 is 27.1 Å². The van der Waals surface area contributed by atoms with Gasteiger partial charge in [-0.2, -0.15) is 13.9 Å². The lowest BCUT2D eigenvalue weighted by molar-refractivity contribution is -0.168. The van der Waals surface area contributed by atoms with Gasteiger partial charge < -0.3 is 15.4 Å². The molecule has 1 unspecified atom stereocenters. The number of hydrogen-bond donors (Lipinski definition) is 1. The Hall–Kier alpha value is -2.95. The van der Waals surface area contributed by atoms with Crippen molar-refractivity contribution in [2.75, 3.05) is 19.8 Å². The standard InChI is InChI=1S/C24H23ClF4N4O2/c25-18-7-5-17(6-8-18)20-9-21-22(34)32(11-16-3-1-15(10-30)2-4-16)12-19(33(21)31-20)13-35-14-24(28,29)23(26)27/h1-9,19,23H,10-14,30H2. The smallest absolute Gasteiger partial charge is 0.330 e. The van der Waals surface area contributed by atoms with Gasteiger partial charge in [-0.05, 0) is 29.3 Å². The average Bonchev–Trinajstić information content (AvgIpc) is 3.29. The van der Waals surface area contributed by atoms with Crippen LogP contribution in [0, 0.1) is 0 Å². The van der Waals surface area contributed by atoms with Gasteiger partial charge in [0.1, 0.15) is 12.3 Å². The summed E-state index contributed by atoms with van der Waals surface area (Å²) in [7, 11) is 0. The van der Waals surface area contributed by atoms with Gasteiger partial charge in [0.15, 0.2) is 0 Å². The number of rotatable bonds is 9. The molecular weight excluding hydrogens is 488 g/mol. The van der Waals surface area contributed by atoms with Crippen molar-refractivity contribution in [1.82, 2.24) is 14.7 Å². The van der Waals surface area contributed by atoms with E-state index < -0.39 is 25.0 Å². The Kier molecular flexibility index (Phi) is 7.44. The van der Waals surface area contributed by atoms with Crippen LogP contribution in [0.3, 0.4) is 0 Å². The van der Waals surface area contributed by atoms with Crippen LogP contribution in [0.25, 0.3) is 11.3 Å². The highest BCUT2D eigenvalue weighted by molar-refractivity contribution is 6.30. The third-order valence-corrected chi connectivity index (χ3v) is 5.97. The van der Waals surface area contributed by atoms with Gasteiger partial charge in [0.2, 0.25) is 0 Å². The van der Waals surface area contributed by atoms with Gasteiger partial charge in [0.25, 0.3) is 5.91 Å². The van der Waals surface area contributed by atoms with E-state index in [-0.39, 0.29) is 31.3 Å². The maximum atomic E-state index is 13.4. The first-order valence-corrected chi connectivity index (χ1v) is 11.2. The van der Waals surface area contributed by atoms with E-state index in [1.807, 2.05) is 24.3 Å². The van der Waals surface area contributed by atoms with Crippen LogP contribution in [0.5, 0.6) is 0 Å². The maximum Gasteiger partial charge on any atom is 0.330 e. The number of aromatic nitrogens is 2. The van der Waals surface area contributed by atoms with Crippen LogP contribution in [0.2, 0.25) is 5.02 Å². The minimum Gasteiger partial charge on any atom is -0.373 e. The molecule has 0 bridgehead atoms. The molecule has 0 radical (unpaired) electrons. The van der Waals surface area contributed by atoms with Crippen LogP contribution >= 0.6 is 11.6 Å². The summed E-state index contributed by atoms with van der Waals surface area (Å²) < 4.78 is 58.2. The molecule has 2 aromatic carbocycles. The molecule has 186 valence electrons. The molecule has 4 rings (SSSR count). The van der Waals surface area contributed by atoms with Crippen LogP contribution in [-0.2, 0) is 17.8 Å². The molecule has 1 aromatic heterocycles. The predicted molar refractivity (Wildman–Crippen MR) is 123 cm³/mol. The highest BCUT2D eigenvalue weighted by atomic mass is 35.5. The molecule has 1 aliphatic rings. The number of nitrogens with zero attached hydrogens (tertiary/aromatic N) is 3. The first-order valence-electron chi connectivity index (χ1n) is 10.8. The van der Waals surface area contributed by atoms with Gasteiger partial charge in [-0.1, -0.05) is 48.0 Å². The predicted octanol–water partition coefficient (Wildman–Crippen LogP) is 4.78. The van der Waals surface area contributed by atoms with Crippen molar-refractivity contribution >= 4 is 17.5 Å². The molecule has 1 amide bonds. The van der Waals surface area contributed by atoms with Gasteiger partial charge in [-0.15, -0.1) is 0 Å². The fraction of sp³-hybridized carbons (Fsp3) is 0.333. The zero-order valence-electron chi connectivity index (χ0n) is 18.5. The minimum atomic E-state index is -4.27. The van der Waals surface area contributed by atoms with Gasteiger partial charge in [0.05, 0.1) is 18.3 Å². The van der Waals surface area contributed by atoms with Crippen LogP contribution in [-0.4, -0.2) is 52.7 Å². The Morgan fingerprint density at radius 1 is 1.11 bits per heavy atom. The molecule has 0 fully saturated rings. The normalized spacial score (nSPS) is 16.1. The maximum absolute atomic E-state index is 13.4. The number of halogens is 5. The summed E-state index contributed by atoms with van der Waals surface area (Å²) in [6, 6.07) is 15.2. The number of ether oxygens (including phenoxy) is 1. The molecule has 2 heterocycles. The van der Waals surface area contributed by atoms with Crippen molar-refractivity contribution in [3.8, 4) is 11.3 Å². The zero-order valence-corrected chi connectivity index (χ0v) is 19.3. The Morgan fingerprint density at radius 3 is 2.40 bits per heavy atom. The fourth-order valence-electron chi connectivity index (χ4n) is 3.83. The fourth-order valence-corrected chi connectivity index (χ4v) is 3.95. The van der Waals surface area contributed by atoms with Gasteiger partial charge >= 0.3 is 12.3 Å². The van der Waals surface area contributed by atoms with Gasteiger partial charge in [-0.25, -0.2) is 8.78 Å². The number of hydrogen-bond acceptors (Lipinski definition) is 4. The van der Waals surface area contributed by atoms with Crippen LogP contribution in [0.4, 0.5) is 17.6 Å². The molecule has 0 spiro atoms. The number of benzene rings is 2. The molecule has 0 saturated heterocycles. The second-order valence-electron chi connectivity index (χ2n) is 8.30. The summed E-state index contributed by atoms with van der Waals surface area (Å²) in [5.41, 5.74) is 8.87. The van der Waals surface area contributed by atoms with E-state index in [9.17, 15) is 22.4 Å². The van der Waals surface area contributed by atoms with Crippen molar-refractivity contribution in [1.29, 1.82) is 0 Å². The molecule has 0 saturated carbocycles. The topological polar surface area (TPSA) is 73.4 Å². The van der Waals surface area contributed by atoms with Crippen LogP contribution in [0.15, 0.2) is 54.6 Å². The highest BCUT2D eigenvalue weighted by Crippen LogP contribution is 2.29. The molecule has 0 aliphatic carbocycles. The quantitative estimate of drug-likeness (QED) is 0.421. The lowest BCUT2D eigenvalue weighted by atomic mass is 10.1. The molecule has 35 heavy (non-hydrogen) atoms. The number of carbonyl (C=O) groups excluding carboxylic acids is 1. The second-order valence-corrected chi connectivity index (χ2v) is 8.74. The zero-order chi connectivity index (χ0) is 25.2. The SMILES string of the molecule is NCc1ccc(CN2CC(COCC(F)(F)C(F)F)n3nc(-c4ccc(Cl)cc4)cc3C2=O)cc1. The first kappa shape index (κ1) is 25.2. The Bertz CT molecular complexity index is 1170. The van der Waals surface area contributed by atoms with Crippen LogP contribution in [0.1, 0.15) is 27.7 Å². The molecule has 6 nitrogen and oxygen atoms in total.